The zero-order valence-electron chi connectivity index (χ0n) is 8.72. The quantitative estimate of drug-likeness (QED) is 0.911. The van der Waals surface area contributed by atoms with Crippen molar-refractivity contribution >= 4 is 33.4 Å². The van der Waals surface area contributed by atoms with Gasteiger partial charge in [0, 0.05) is 10.7 Å². The summed E-state index contributed by atoms with van der Waals surface area (Å²) < 4.78 is 0.920. The van der Waals surface area contributed by atoms with Crippen LogP contribution in [-0.4, -0.2) is 16.1 Å². The Kier molecular flexibility index (Phi) is 3.39. The van der Waals surface area contributed by atoms with Crippen molar-refractivity contribution in [2.24, 2.45) is 0 Å². The molecule has 0 aliphatic carbocycles. The third-order valence-electron chi connectivity index (χ3n) is 2.15. The van der Waals surface area contributed by atoms with Crippen LogP contribution in [0.4, 0.5) is 11.5 Å². The lowest BCUT2D eigenvalue weighted by molar-refractivity contribution is 0.0696. The van der Waals surface area contributed by atoms with E-state index in [4.69, 9.17) is 5.11 Å². The predicted molar refractivity (Wildman–Crippen MR) is 68.6 cm³/mol. The van der Waals surface area contributed by atoms with Crippen molar-refractivity contribution in [3.05, 3.63) is 52.6 Å². The molecular formula is C12H9BrN2O2. The minimum absolute atomic E-state index is 0.169. The fourth-order valence-corrected chi connectivity index (χ4v) is 1.68. The minimum Gasteiger partial charge on any atom is -0.478 e. The number of anilines is 2. The number of carboxylic acids is 1. The molecule has 17 heavy (non-hydrogen) atoms. The molecule has 0 bridgehead atoms. The molecule has 0 atom stereocenters. The number of hydrogen-bond donors (Lipinski definition) is 2. The molecule has 1 heterocycles. The summed E-state index contributed by atoms with van der Waals surface area (Å²) in [4.78, 5) is 14.7. The monoisotopic (exact) mass is 292 g/mol. The van der Waals surface area contributed by atoms with Gasteiger partial charge in [-0.3, -0.25) is 0 Å². The first-order valence-corrected chi connectivity index (χ1v) is 5.67. The van der Waals surface area contributed by atoms with Crippen LogP contribution in [-0.2, 0) is 0 Å². The molecular weight excluding hydrogens is 284 g/mol. The van der Waals surface area contributed by atoms with Crippen LogP contribution in [0.3, 0.4) is 0 Å². The highest BCUT2D eigenvalue weighted by molar-refractivity contribution is 9.10. The number of carboxylic acid groups (broad SMARTS) is 1. The van der Waals surface area contributed by atoms with Gasteiger partial charge in [-0.15, -0.1) is 0 Å². The first-order valence-electron chi connectivity index (χ1n) is 4.88. The molecule has 0 amide bonds. The van der Waals surface area contributed by atoms with E-state index in [1.165, 1.54) is 12.3 Å². The molecule has 2 aromatic rings. The number of carbonyl (C=O) groups is 1. The molecule has 1 aromatic carbocycles. The van der Waals surface area contributed by atoms with E-state index in [2.05, 4.69) is 26.2 Å². The zero-order valence-corrected chi connectivity index (χ0v) is 10.3. The molecule has 0 aliphatic rings. The van der Waals surface area contributed by atoms with Crippen LogP contribution in [0.25, 0.3) is 0 Å². The van der Waals surface area contributed by atoms with Gasteiger partial charge in [-0.05, 0) is 40.2 Å². The summed E-state index contributed by atoms with van der Waals surface area (Å²) in [5.74, 6) is -0.383. The fraction of sp³-hybridized carbons (Fsp3) is 0. The van der Waals surface area contributed by atoms with E-state index >= 15 is 0 Å². The van der Waals surface area contributed by atoms with Gasteiger partial charge in [0.1, 0.15) is 5.82 Å². The highest BCUT2D eigenvalue weighted by Gasteiger charge is 2.04. The lowest BCUT2D eigenvalue weighted by Crippen LogP contribution is -1.99. The van der Waals surface area contributed by atoms with Gasteiger partial charge in [0.15, 0.2) is 0 Å². The van der Waals surface area contributed by atoms with Crippen molar-refractivity contribution in [3.63, 3.8) is 0 Å². The molecule has 4 nitrogen and oxygen atoms in total. The van der Waals surface area contributed by atoms with Gasteiger partial charge in [0.2, 0.25) is 0 Å². The molecule has 1 aromatic heterocycles. The van der Waals surface area contributed by atoms with Crippen molar-refractivity contribution in [1.82, 2.24) is 4.98 Å². The number of benzene rings is 1. The van der Waals surface area contributed by atoms with Crippen LogP contribution in [0.1, 0.15) is 10.4 Å². The van der Waals surface area contributed by atoms with E-state index in [1.807, 2.05) is 24.3 Å². The maximum atomic E-state index is 10.7. The Labute approximate surface area is 106 Å². The van der Waals surface area contributed by atoms with Gasteiger partial charge in [-0.25, -0.2) is 9.78 Å². The Morgan fingerprint density at radius 2 is 2.00 bits per heavy atom. The van der Waals surface area contributed by atoms with E-state index in [0.717, 1.165) is 10.2 Å². The summed E-state index contributed by atoms with van der Waals surface area (Å²) in [6.45, 7) is 0. The number of pyridine rings is 1. The normalized spacial score (nSPS) is 9.94. The second kappa shape index (κ2) is 4.97. The zero-order chi connectivity index (χ0) is 12.3. The molecule has 2 rings (SSSR count). The summed E-state index contributed by atoms with van der Waals surface area (Å²) in [6, 6.07) is 10.8. The maximum absolute atomic E-state index is 10.7. The third kappa shape index (κ3) is 2.82. The summed E-state index contributed by atoms with van der Waals surface area (Å²) in [5, 5.41) is 11.8. The van der Waals surface area contributed by atoms with Crippen molar-refractivity contribution in [2.75, 3.05) is 5.32 Å². The summed E-state index contributed by atoms with van der Waals surface area (Å²) >= 11 is 3.41. The van der Waals surface area contributed by atoms with E-state index in [1.54, 1.807) is 6.07 Å². The molecule has 86 valence electrons. The van der Waals surface area contributed by atoms with Crippen LogP contribution in [0.15, 0.2) is 47.1 Å². The highest BCUT2D eigenvalue weighted by atomic mass is 79.9. The predicted octanol–water partition coefficient (Wildman–Crippen LogP) is 3.29. The smallest absolute Gasteiger partial charge is 0.337 e. The number of nitrogens with one attached hydrogen (secondary N) is 1. The Balaban J connectivity index is 2.20. The number of hydrogen-bond acceptors (Lipinski definition) is 3. The molecule has 0 radical (unpaired) electrons. The standard InChI is InChI=1S/C12H9BrN2O2/c13-9-3-1-2-4-10(9)15-11-6-5-8(7-14-11)12(16)17/h1-7H,(H,14,15)(H,16,17). The highest BCUT2D eigenvalue weighted by Crippen LogP contribution is 2.24. The van der Waals surface area contributed by atoms with Gasteiger partial charge in [-0.1, -0.05) is 12.1 Å². The van der Waals surface area contributed by atoms with Crippen LogP contribution < -0.4 is 5.32 Å². The number of para-hydroxylation sites is 1. The van der Waals surface area contributed by atoms with Gasteiger partial charge < -0.3 is 10.4 Å². The summed E-state index contributed by atoms with van der Waals surface area (Å²) in [5.41, 5.74) is 1.05. The second-order valence-electron chi connectivity index (χ2n) is 3.34. The molecule has 0 spiro atoms. The van der Waals surface area contributed by atoms with E-state index in [-0.39, 0.29) is 5.56 Å². The number of halogens is 1. The van der Waals surface area contributed by atoms with Gasteiger partial charge in [0.25, 0.3) is 0 Å². The topological polar surface area (TPSA) is 62.2 Å². The van der Waals surface area contributed by atoms with Crippen LogP contribution in [0.5, 0.6) is 0 Å². The lowest BCUT2D eigenvalue weighted by Gasteiger charge is -2.07. The second-order valence-corrected chi connectivity index (χ2v) is 4.20. The van der Waals surface area contributed by atoms with E-state index in [9.17, 15) is 4.79 Å². The van der Waals surface area contributed by atoms with Crippen molar-refractivity contribution in [3.8, 4) is 0 Å². The molecule has 0 unspecified atom stereocenters. The maximum Gasteiger partial charge on any atom is 0.337 e. The number of rotatable bonds is 3. The Hall–Kier alpha value is -1.88. The molecule has 0 fully saturated rings. The molecule has 0 saturated heterocycles. The fourth-order valence-electron chi connectivity index (χ4n) is 1.29. The van der Waals surface area contributed by atoms with Crippen LogP contribution in [0, 0.1) is 0 Å². The SMILES string of the molecule is O=C(O)c1ccc(Nc2ccccc2Br)nc1. The van der Waals surface area contributed by atoms with Crippen molar-refractivity contribution in [1.29, 1.82) is 0 Å². The van der Waals surface area contributed by atoms with E-state index < -0.39 is 5.97 Å². The van der Waals surface area contributed by atoms with Crippen molar-refractivity contribution < 1.29 is 9.90 Å². The van der Waals surface area contributed by atoms with Crippen LogP contribution >= 0.6 is 15.9 Å². The third-order valence-corrected chi connectivity index (χ3v) is 2.84. The van der Waals surface area contributed by atoms with Gasteiger partial charge in [-0.2, -0.15) is 0 Å². The first kappa shape index (κ1) is 11.6. The largest absolute Gasteiger partial charge is 0.478 e. The molecule has 0 aliphatic heterocycles. The first-order chi connectivity index (χ1) is 8.16. The Bertz CT molecular complexity index is 540. The number of nitrogens with zero attached hydrogens (tertiary/aromatic N) is 1. The number of aromatic carboxylic acids is 1. The average molecular weight is 293 g/mol. The lowest BCUT2D eigenvalue weighted by atomic mass is 10.3. The summed E-state index contributed by atoms with van der Waals surface area (Å²) in [7, 11) is 0. The number of aromatic nitrogens is 1. The molecule has 5 heteroatoms. The summed E-state index contributed by atoms with van der Waals surface area (Å²) in [6.07, 6.45) is 1.32. The molecule has 0 saturated carbocycles. The van der Waals surface area contributed by atoms with Crippen LogP contribution in [0.2, 0.25) is 0 Å². The average Bonchev–Trinajstić information content (AvgIpc) is 2.33. The molecule has 2 N–H and O–H groups in total. The Morgan fingerprint density at radius 3 is 2.59 bits per heavy atom. The minimum atomic E-state index is -0.982. The van der Waals surface area contributed by atoms with Gasteiger partial charge >= 0.3 is 5.97 Å². The van der Waals surface area contributed by atoms with Gasteiger partial charge in [0.05, 0.1) is 11.3 Å². The Morgan fingerprint density at radius 1 is 1.24 bits per heavy atom. The van der Waals surface area contributed by atoms with E-state index in [0.29, 0.717) is 5.82 Å². The van der Waals surface area contributed by atoms with Crippen molar-refractivity contribution in [2.45, 2.75) is 0 Å².